The second kappa shape index (κ2) is 9.43. The van der Waals surface area contributed by atoms with Crippen LogP contribution in [0.15, 0.2) is 61.4 Å². The van der Waals surface area contributed by atoms with Crippen LogP contribution in [0.2, 0.25) is 0 Å². The van der Waals surface area contributed by atoms with E-state index in [2.05, 4.69) is 40.4 Å². The largest absolute Gasteiger partial charge is 0.325 e. The van der Waals surface area contributed by atoms with Crippen molar-refractivity contribution in [2.45, 2.75) is 20.3 Å². The van der Waals surface area contributed by atoms with Gasteiger partial charge in [-0.15, -0.1) is 0 Å². The first kappa shape index (κ1) is 23.3. The summed E-state index contributed by atoms with van der Waals surface area (Å²) < 4.78 is 16.0. The van der Waals surface area contributed by atoms with Crippen molar-refractivity contribution >= 4 is 33.8 Å². The maximum absolute atomic E-state index is 16.0. The van der Waals surface area contributed by atoms with E-state index in [0.29, 0.717) is 40.4 Å². The molecule has 0 aromatic carbocycles. The van der Waals surface area contributed by atoms with Gasteiger partial charge in [-0.05, 0) is 24.1 Å². The summed E-state index contributed by atoms with van der Waals surface area (Å²) in [5.74, 6) is -0.0815. The molecule has 6 aromatic rings. The van der Waals surface area contributed by atoms with Crippen molar-refractivity contribution < 1.29 is 9.18 Å². The van der Waals surface area contributed by atoms with Gasteiger partial charge in [-0.1, -0.05) is 19.9 Å². The zero-order chi connectivity index (χ0) is 26.2. The predicted octanol–water partition coefficient (Wildman–Crippen LogP) is 5.14. The molecule has 6 rings (SSSR count). The third-order valence-electron chi connectivity index (χ3n) is 6.04. The summed E-state index contributed by atoms with van der Waals surface area (Å²) in [4.78, 5) is 37.2. The number of halogens is 1. The number of nitrogens with one attached hydrogen (secondary N) is 3. The van der Waals surface area contributed by atoms with Crippen LogP contribution in [0.5, 0.6) is 0 Å². The lowest BCUT2D eigenvalue weighted by Crippen LogP contribution is -2.14. The maximum Gasteiger partial charge on any atom is 0.224 e. The average molecular weight is 508 g/mol. The minimum Gasteiger partial charge on any atom is -0.325 e. The van der Waals surface area contributed by atoms with Gasteiger partial charge in [0.1, 0.15) is 17.0 Å². The van der Waals surface area contributed by atoms with E-state index in [0.717, 1.165) is 11.1 Å². The van der Waals surface area contributed by atoms with Gasteiger partial charge in [-0.2, -0.15) is 5.10 Å². The summed E-state index contributed by atoms with van der Waals surface area (Å²) in [6.45, 7) is 3.93. The first-order chi connectivity index (χ1) is 18.5. The van der Waals surface area contributed by atoms with Crippen LogP contribution in [0.3, 0.4) is 0 Å². The van der Waals surface area contributed by atoms with Crippen LogP contribution in [-0.4, -0.2) is 46.0 Å². The van der Waals surface area contributed by atoms with Crippen molar-refractivity contribution in [1.29, 1.82) is 0 Å². The number of amides is 1. The monoisotopic (exact) mass is 507 g/mol. The van der Waals surface area contributed by atoms with Crippen LogP contribution in [0.1, 0.15) is 20.3 Å². The molecule has 0 aliphatic rings. The van der Waals surface area contributed by atoms with Crippen LogP contribution in [0.25, 0.3) is 56.0 Å². The highest BCUT2D eigenvalue weighted by atomic mass is 19.1. The fraction of sp³-hybridized carbons (Fsp3) is 0.148. The molecule has 0 atom stereocenters. The molecule has 0 radical (unpaired) electrons. The number of hydrogen-bond acceptors (Lipinski definition) is 7. The molecule has 3 N–H and O–H groups in total. The van der Waals surface area contributed by atoms with Gasteiger partial charge < -0.3 is 10.3 Å². The van der Waals surface area contributed by atoms with Crippen molar-refractivity contribution in [3.05, 3.63) is 67.3 Å². The Bertz CT molecular complexity index is 1790. The summed E-state index contributed by atoms with van der Waals surface area (Å²) in [5.41, 5.74) is 4.61. The standard InChI is InChI=1S/C27H22FN9O/c1-14(2)8-20(38)33-17-9-16(11-30-12-17)19-13-32-25-21(22(19)28)24(36-37-25)27-34-23-18(5-7-31-26(23)35-27)15-4-3-6-29-10-15/h3-7,9-14H,8H2,1-2H3,(H,33,38)(H,31,34,35)(H,32,36,37). The Hall–Kier alpha value is -5.06. The number of anilines is 1. The van der Waals surface area contributed by atoms with Crippen molar-refractivity contribution in [1.82, 2.24) is 40.1 Å². The van der Waals surface area contributed by atoms with E-state index >= 15 is 4.39 Å². The van der Waals surface area contributed by atoms with E-state index in [1.807, 2.05) is 32.0 Å². The van der Waals surface area contributed by atoms with Crippen molar-refractivity contribution in [2.75, 3.05) is 5.32 Å². The number of aromatic amines is 2. The Morgan fingerprint density at radius 1 is 1.03 bits per heavy atom. The molecular weight excluding hydrogens is 485 g/mol. The molecular formula is C27H22FN9O. The minimum absolute atomic E-state index is 0.130. The maximum atomic E-state index is 16.0. The lowest BCUT2D eigenvalue weighted by Gasteiger charge is -2.09. The summed E-state index contributed by atoms with van der Waals surface area (Å²) in [6, 6.07) is 7.31. The van der Waals surface area contributed by atoms with E-state index in [4.69, 9.17) is 4.98 Å². The SMILES string of the molecule is CC(C)CC(=O)Nc1cncc(-c2cnc3n[nH]c(-c4nc5c(-c6cccnc6)ccnc5[nH]4)c3c2F)c1. The lowest BCUT2D eigenvalue weighted by atomic mass is 10.1. The number of nitrogens with zero attached hydrogens (tertiary/aromatic N) is 6. The molecule has 10 nitrogen and oxygen atoms in total. The molecule has 0 saturated heterocycles. The molecule has 6 aromatic heterocycles. The van der Waals surface area contributed by atoms with E-state index in [1.165, 1.54) is 18.6 Å². The summed E-state index contributed by atoms with van der Waals surface area (Å²) in [7, 11) is 0. The fourth-order valence-corrected chi connectivity index (χ4v) is 4.35. The molecule has 0 saturated carbocycles. The molecule has 0 fully saturated rings. The van der Waals surface area contributed by atoms with Gasteiger partial charge in [0.05, 0.1) is 17.3 Å². The second-order valence-electron chi connectivity index (χ2n) is 9.27. The number of H-pyrrole nitrogens is 2. The first-order valence-electron chi connectivity index (χ1n) is 12.0. The van der Waals surface area contributed by atoms with Gasteiger partial charge in [0, 0.05) is 59.7 Å². The molecule has 0 bridgehead atoms. The quantitative estimate of drug-likeness (QED) is 0.284. The summed E-state index contributed by atoms with van der Waals surface area (Å²) in [5, 5.41) is 10.0. The predicted molar refractivity (Wildman–Crippen MR) is 141 cm³/mol. The fourth-order valence-electron chi connectivity index (χ4n) is 4.35. The number of carbonyl (C=O) groups is 1. The highest BCUT2D eigenvalue weighted by Crippen LogP contribution is 2.34. The van der Waals surface area contributed by atoms with Crippen LogP contribution >= 0.6 is 0 Å². The zero-order valence-electron chi connectivity index (χ0n) is 20.5. The minimum atomic E-state index is -0.535. The van der Waals surface area contributed by atoms with E-state index in [-0.39, 0.29) is 28.4 Å². The number of pyridine rings is 4. The Kier molecular flexibility index (Phi) is 5.79. The molecule has 0 aliphatic heterocycles. The topological polar surface area (TPSA) is 138 Å². The Balaban J connectivity index is 1.42. The van der Waals surface area contributed by atoms with Crippen LogP contribution in [-0.2, 0) is 4.79 Å². The highest BCUT2D eigenvalue weighted by Gasteiger charge is 2.21. The number of fused-ring (bicyclic) bond motifs is 2. The molecule has 0 spiro atoms. The normalized spacial score (nSPS) is 11.5. The summed E-state index contributed by atoms with van der Waals surface area (Å²) >= 11 is 0. The molecule has 0 unspecified atom stereocenters. The molecule has 1 amide bonds. The molecule has 11 heteroatoms. The van der Waals surface area contributed by atoms with Gasteiger partial charge >= 0.3 is 0 Å². The smallest absolute Gasteiger partial charge is 0.224 e. The van der Waals surface area contributed by atoms with Crippen LogP contribution in [0.4, 0.5) is 10.1 Å². The second-order valence-corrected chi connectivity index (χ2v) is 9.27. The third-order valence-corrected chi connectivity index (χ3v) is 6.04. The van der Waals surface area contributed by atoms with Gasteiger partial charge in [0.15, 0.2) is 17.1 Å². The Labute approximate surface area is 215 Å². The van der Waals surface area contributed by atoms with Crippen molar-refractivity contribution in [3.63, 3.8) is 0 Å². The van der Waals surface area contributed by atoms with Gasteiger partial charge in [-0.3, -0.25) is 19.9 Å². The molecule has 0 aliphatic carbocycles. The number of aromatic nitrogens is 8. The van der Waals surface area contributed by atoms with Gasteiger partial charge in [0.25, 0.3) is 0 Å². The number of hydrogen-bond donors (Lipinski definition) is 3. The van der Waals surface area contributed by atoms with E-state index in [1.54, 1.807) is 24.7 Å². The Morgan fingerprint density at radius 3 is 2.71 bits per heavy atom. The number of imidazole rings is 1. The molecule has 6 heterocycles. The molecule has 188 valence electrons. The first-order valence-corrected chi connectivity index (χ1v) is 12.0. The van der Waals surface area contributed by atoms with E-state index in [9.17, 15) is 4.79 Å². The average Bonchev–Trinajstić information content (AvgIpc) is 3.54. The zero-order valence-corrected chi connectivity index (χ0v) is 20.5. The lowest BCUT2D eigenvalue weighted by molar-refractivity contribution is -0.116. The molecule has 38 heavy (non-hydrogen) atoms. The van der Waals surface area contributed by atoms with E-state index < -0.39 is 5.82 Å². The van der Waals surface area contributed by atoms with Crippen LogP contribution < -0.4 is 5.32 Å². The van der Waals surface area contributed by atoms with Crippen molar-refractivity contribution in [2.24, 2.45) is 5.92 Å². The van der Waals surface area contributed by atoms with Crippen molar-refractivity contribution in [3.8, 4) is 33.8 Å². The number of carbonyl (C=O) groups excluding carboxylic acids is 1. The highest BCUT2D eigenvalue weighted by molar-refractivity contribution is 5.97. The number of rotatable bonds is 6. The Morgan fingerprint density at radius 2 is 1.89 bits per heavy atom. The van der Waals surface area contributed by atoms with Gasteiger partial charge in [0.2, 0.25) is 5.91 Å². The summed E-state index contributed by atoms with van der Waals surface area (Å²) in [6.07, 6.45) is 9.95. The third kappa shape index (κ3) is 4.23. The van der Waals surface area contributed by atoms with Crippen LogP contribution in [0, 0.1) is 11.7 Å². The van der Waals surface area contributed by atoms with Gasteiger partial charge in [-0.25, -0.2) is 19.3 Å².